The van der Waals surface area contributed by atoms with Gasteiger partial charge in [0.2, 0.25) is 0 Å². The van der Waals surface area contributed by atoms with Crippen molar-refractivity contribution in [1.82, 2.24) is 5.43 Å². The van der Waals surface area contributed by atoms with Gasteiger partial charge in [-0.1, -0.05) is 19.9 Å². The van der Waals surface area contributed by atoms with Gasteiger partial charge in [0.05, 0.1) is 10.5 Å². The summed E-state index contributed by atoms with van der Waals surface area (Å²) in [4.78, 5) is 33.7. The molecule has 96 valence electrons. The normalized spacial score (nSPS) is 10.2. The lowest BCUT2D eigenvalue weighted by Gasteiger charge is -2.09. The number of nitro benzene ring substituents is 1. The van der Waals surface area contributed by atoms with Crippen molar-refractivity contribution in [2.24, 2.45) is 11.8 Å². The number of hydrogen-bond donors (Lipinski definition) is 2. The molecular weight excluding hydrogens is 238 g/mol. The SMILES string of the molecule is CC(C)C(=O)c1c(C(=O)NN)cccc1[N+](=O)[O-]. The lowest BCUT2D eigenvalue weighted by molar-refractivity contribution is -0.385. The van der Waals surface area contributed by atoms with E-state index >= 15 is 0 Å². The molecule has 0 bridgehead atoms. The number of Topliss-reactive ketones (excluding diaryl/α,β-unsaturated/α-hetero) is 1. The van der Waals surface area contributed by atoms with E-state index in [1.165, 1.54) is 18.2 Å². The molecule has 0 saturated heterocycles. The zero-order valence-corrected chi connectivity index (χ0v) is 9.97. The van der Waals surface area contributed by atoms with Crippen molar-refractivity contribution in [2.45, 2.75) is 13.8 Å². The van der Waals surface area contributed by atoms with Crippen LogP contribution in [0.15, 0.2) is 18.2 Å². The molecule has 7 heteroatoms. The minimum Gasteiger partial charge on any atom is -0.294 e. The third-order valence-electron chi connectivity index (χ3n) is 2.39. The second kappa shape index (κ2) is 5.37. The summed E-state index contributed by atoms with van der Waals surface area (Å²) in [6.07, 6.45) is 0. The fraction of sp³-hybridized carbons (Fsp3) is 0.273. The largest absolute Gasteiger partial charge is 0.294 e. The number of carbonyl (C=O) groups is 2. The number of nitrogens with zero attached hydrogens (tertiary/aromatic N) is 1. The van der Waals surface area contributed by atoms with Gasteiger partial charge in [-0.3, -0.25) is 25.1 Å². The number of amides is 1. The lowest BCUT2D eigenvalue weighted by Crippen LogP contribution is -2.32. The molecule has 1 aromatic rings. The molecule has 0 aliphatic rings. The molecule has 18 heavy (non-hydrogen) atoms. The molecule has 0 aliphatic carbocycles. The number of nitrogens with two attached hydrogens (primary N) is 1. The number of carbonyl (C=O) groups excluding carboxylic acids is 2. The van der Waals surface area contributed by atoms with Gasteiger partial charge in [0.1, 0.15) is 5.56 Å². The quantitative estimate of drug-likeness (QED) is 0.272. The highest BCUT2D eigenvalue weighted by atomic mass is 16.6. The Balaban J connectivity index is 3.54. The summed E-state index contributed by atoms with van der Waals surface area (Å²) < 4.78 is 0. The van der Waals surface area contributed by atoms with Crippen molar-refractivity contribution in [3.8, 4) is 0 Å². The minimum absolute atomic E-state index is 0.0922. The topological polar surface area (TPSA) is 115 Å². The van der Waals surface area contributed by atoms with E-state index in [1.807, 2.05) is 5.43 Å². The van der Waals surface area contributed by atoms with Gasteiger partial charge in [-0.05, 0) is 6.07 Å². The molecule has 0 aromatic heterocycles. The maximum atomic E-state index is 12.0. The van der Waals surface area contributed by atoms with E-state index in [2.05, 4.69) is 0 Å². The molecule has 0 aliphatic heterocycles. The lowest BCUT2D eigenvalue weighted by atomic mass is 9.94. The van der Waals surface area contributed by atoms with Gasteiger partial charge in [0.25, 0.3) is 11.6 Å². The van der Waals surface area contributed by atoms with E-state index in [0.717, 1.165) is 0 Å². The average molecular weight is 251 g/mol. The van der Waals surface area contributed by atoms with Gasteiger partial charge < -0.3 is 0 Å². The number of benzene rings is 1. The molecule has 1 rings (SSSR count). The Morgan fingerprint density at radius 3 is 2.44 bits per heavy atom. The Kier molecular flexibility index (Phi) is 4.11. The van der Waals surface area contributed by atoms with Crippen LogP contribution in [0.1, 0.15) is 34.6 Å². The van der Waals surface area contributed by atoms with Gasteiger partial charge >= 0.3 is 0 Å². The van der Waals surface area contributed by atoms with Crippen LogP contribution in [0, 0.1) is 16.0 Å². The summed E-state index contributed by atoms with van der Waals surface area (Å²) in [5, 5.41) is 10.9. The number of rotatable bonds is 4. The summed E-state index contributed by atoms with van der Waals surface area (Å²) in [5.41, 5.74) is 1.17. The molecule has 0 unspecified atom stereocenters. The first-order valence-electron chi connectivity index (χ1n) is 5.22. The summed E-state index contributed by atoms with van der Waals surface area (Å²) in [6, 6.07) is 3.84. The standard InChI is InChI=1S/C11H13N3O4/c1-6(2)10(15)9-7(11(16)13-12)4-3-5-8(9)14(17)18/h3-6H,12H2,1-2H3,(H,13,16). The van der Waals surface area contributed by atoms with E-state index < -0.39 is 28.2 Å². The first kappa shape index (κ1) is 13.8. The van der Waals surface area contributed by atoms with E-state index in [0.29, 0.717) is 0 Å². The molecule has 3 N–H and O–H groups in total. The van der Waals surface area contributed by atoms with Crippen LogP contribution < -0.4 is 11.3 Å². The summed E-state index contributed by atoms with van der Waals surface area (Å²) >= 11 is 0. The number of hydrazine groups is 1. The third-order valence-corrected chi connectivity index (χ3v) is 2.39. The predicted molar refractivity (Wildman–Crippen MR) is 63.9 cm³/mol. The molecular formula is C11H13N3O4. The molecule has 0 saturated carbocycles. The van der Waals surface area contributed by atoms with Gasteiger partial charge in [-0.2, -0.15) is 0 Å². The van der Waals surface area contributed by atoms with E-state index in [4.69, 9.17) is 5.84 Å². The second-order valence-electron chi connectivity index (χ2n) is 3.95. The summed E-state index contributed by atoms with van der Waals surface area (Å²) in [6.45, 7) is 3.20. The van der Waals surface area contributed by atoms with Crippen LogP contribution in [0.2, 0.25) is 0 Å². The molecule has 0 spiro atoms. The molecule has 0 heterocycles. The molecule has 0 radical (unpaired) electrons. The van der Waals surface area contributed by atoms with Crippen molar-refractivity contribution >= 4 is 17.4 Å². The second-order valence-corrected chi connectivity index (χ2v) is 3.95. The number of ketones is 1. The summed E-state index contributed by atoms with van der Waals surface area (Å²) in [7, 11) is 0. The summed E-state index contributed by atoms with van der Waals surface area (Å²) in [5.74, 6) is 3.33. The van der Waals surface area contributed by atoms with Crippen molar-refractivity contribution in [3.05, 3.63) is 39.4 Å². The van der Waals surface area contributed by atoms with E-state index in [1.54, 1.807) is 13.8 Å². The third kappa shape index (κ3) is 2.51. The minimum atomic E-state index is -0.734. The van der Waals surface area contributed by atoms with Gasteiger partial charge in [-0.25, -0.2) is 5.84 Å². The number of nitrogen functional groups attached to an aromatic ring is 1. The van der Waals surface area contributed by atoms with Crippen molar-refractivity contribution in [1.29, 1.82) is 0 Å². The van der Waals surface area contributed by atoms with E-state index in [9.17, 15) is 19.7 Å². The fourth-order valence-corrected chi connectivity index (χ4v) is 1.51. The zero-order chi connectivity index (χ0) is 13.9. The van der Waals surface area contributed by atoms with Crippen LogP contribution >= 0.6 is 0 Å². The van der Waals surface area contributed by atoms with E-state index in [-0.39, 0.29) is 11.1 Å². The number of hydrogen-bond acceptors (Lipinski definition) is 5. The molecule has 1 aromatic carbocycles. The van der Waals surface area contributed by atoms with Crippen LogP contribution in [0.5, 0.6) is 0 Å². The number of nitrogens with one attached hydrogen (secondary N) is 1. The predicted octanol–water partition coefficient (Wildman–Crippen LogP) is 1.04. The van der Waals surface area contributed by atoms with Crippen LogP contribution in [0.25, 0.3) is 0 Å². The Hall–Kier alpha value is -2.28. The van der Waals surface area contributed by atoms with Crippen molar-refractivity contribution < 1.29 is 14.5 Å². The van der Waals surface area contributed by atoms with Crippen LogP contribution in [0.4, 0.5) is 5.69 Å². The highest BCUT2D eigenvalue weighted by Gasteiger charge is 2.28. The van der Waals surface area contributed by atoms with Crippen molar-refractivity contribution in [2.75, 3.05) is 0 Å². The zero-order valence-electron chi connectivity index (χ0n) is 9.97. The highest BCUT2D eigenvalue weighted by Crippen LogP contribution is 2.25. The Labute approximate surface area is 103 Å². The first-order chi connectivity index (χ1) is 8.40. The smallest absolute Gasteiger partial charge is 0.281 e. The fourth-order valence-electron chi connectivity index (χ4n) is 1.51. The van der Waals surface area contributed by atoms with Crippen LogP contribution in [0.3, 0.4) is 0 Å². The first-order valence-corrected chi connectivity index (χ1v) is 5.22. The molecule has 7 nitrogen and oxygen atoms in total. The molecule has 1 amide bonds. The van der Waals surface area contributed by atoms with Gasteiger partial charge in [-0.15, -0.1) is 0 Å². The average Bonchev–Trinajstić information content (AvgIpc) is 2.35. The molecule has 0 atom stereocenters. The van der Waals surface area contributed by atoms with Crippen molar-refractivity contribution in [3.63, 3.8) is 0 Å². The highest BCUT2D eigenvalue weighted by molar-refractivity contribution is 6.11. The molecule has 0 fully saturated rings. The van der Waals surface area contributed by atoms with Gasteiger partial charge in [0, 0.05) is 12.0 Å². The maximum Gasteiger partial charge on any atom is 0.281 e. The van der Waals surface area contributed by atoms with Gasteiger partial charge in [0.15, 0.2) is 5.78 Å². The Bertz CT molecular complexity index is 511. The monoisotopic (exact) mass is 251 g/mol. The number of nitro groups is 1. The van der Waals surface area contributed by atoms with Crippen LogP contribution in [-0.2, 0) is 0 Å². The Morgan fingerprint density at radius 1 is 1.39 bits per heavy atom. The van der Waals surface area contributed by atoms with Crippen LogP contribution in [-0.4, -0.2) is 16.6 Å². The maximum absolute atomic E-state index is 12.0. The Morgan fingerprint density at radius 2 is 2.00 bits per heavy atom.